The fraction of sp³-hybridized carbons (Fsp3) is 0.538. The van der Waals surface area contributed by atoms with Gasteiger partial charge in [0.05, 0.1) is 6.26 Å². The molecule has 1 saturated heterocycles. The molecule has 0 unspecified atom stereocenters. The molecule has 0 saturated carbocycles. The van der Waals surface area contributed by atoms with Crippen LogP contribution in [-0.2, 0) is 15.4 Å². The Bertz CT molecular complexity index is 552. The van der Waals surface area contributed by atoms with Gasteiger partial charge >= 0.3 is 0 Å². The predicted octanol–water partition coefficient (Wildman–Crippen LogP) is 1.97. The summed E-state index contributed by atoms with van der Waals surface area (Å²) in [5.74, 6) is 0. The van der Waals surface area contributed by atoms with Crippen molar-refractivity contribution in [3.8, 4) is 0 Å². The van der Waals surface area contributed by atoms with E-state index < -0.39 is 10.0 Å². The number of nitrogens with zero attached hydrogens (tertiary/aromatic N) is 2. The number of aryl methyl sites for hydroxylation is 1. The van der Waals surface area contributed by atoms with Crippen molar-refractivity contribution in [3.05, 3.63) is 29.3 Å². The molecular weight excluding hydrogens is 328 g/mol. The summed E-state index contributed by atoms with van der Waals surface area (Å²) in [5, 5.41) is 0.862. The van der Waals surface area contributed by atoms with Crippen molar-refractivity contribution in [1.82, 2.24) is 4.31 Å². The summed E-state index contributed by atoms with van der Waals surface area (Å²) in [6, 6.07) is 6.41. The van der Waals surface area contributed by atoms with Gasteiger partial charge in [0.15, 0.2) is 0 Å². The van der Waals surface area contributed by atoms with Crippen LogP contribution in [0.25, 0.3) is 0 Å². The monoisotopic (exact) mass is 346 g/mol. The van der Waals surface area contributed by atoms with Crippen LogP contribution >= 0.6 is 15.9 Å². The van der Waals surface area contributed by atoms with Gasteiger partial charge in [0.2, 0.25) is 10.0 Å². The van der Waals surface area contributed by atoms with Gasteiger partial charge in [-0.05, 0) is 30.2 Å². The molecule has 106 valence electrons. The minimum atomic E-state index is -3.05. The number of hydrogen-bond acceptors (Lipinski definition) is 3. The van der Waals surface area contributed by atoms with Crippen molar-refractivity contribution in [3.63, 3.8) is 0 Å². The van der Waals surface area contributed by atoms with Gasteiger partial charge in [-0.3, -0.25) is 0 Å². The molecule has 1 heterocycles. The van der Waals surface area contributed by atoms with Crippen molar-refractivity contribution < 1.29 is 8.42 Å². The van der Waals surface area contributed by atoms with Crippen molar-refractivity contribution in [2.45, 2.75) is 12.3 Å². The van der Waals surface area contributed by atoms with Crippen LogP contribution in [0.5, 0.6) is 0 Å². The number of halogens is 1. The standard InChI is InChI=1S/C13H19BrN2O2S/c1-11-9-13(4-3-12(11)10-14)15-5-7-16(8-6-15)19(2,17)18/h3-4,9H,5-8,10H2,1-2H3. The maximum atomic E-state index is 11.5. The summed E-state index contributed by atoms with van der Waals surface area (Å²) in [6.07, 6.45) is 1.28. The van der Waals surface area contributed by atoms with Crippen molar-refractivity contribution in [2.24, 2.45) is 0 Å². The molecule has 0 aromatic heterocycles. The Hall–Kier alpha value is -0.590. The Labute approximate surface area is 123 Å². The average molecular weight is 347 g/mol. The van der Waals surface area contributed by atoms with Gasteiger partial charge in [0, 0.05) is 37.2 Å². The van der Waals surface area contributed by atoms with Gasteiger partial charge in [-0.2, -0.15) is 4.31 Å². The fourth-order valence-electron chi connectivity index (χ4n) is 2.30. The number of rotatable bonds is 3. The lowest BCUT2D eigenvalue weighted by molar-refractivity contribution is 0.388. The zero-order chi connectivity index (χ0) is 14.0. The van der Waals surface area contributed by atoms with Crippen molar-refractivity contribution >= 4 is 31.6 Å². The van der Waals surface area contributed by atoms with E-state index in [9.17, 15) is 8.42 Å². The Morgan fingerprint density at radius 3 is 2.32 bits per heavy atom. The highest BCUT2D eigenvalue weighted by Crippen LogP contribution is 2.22. The minimum absolute atomic E-state index is 0.568. The van der Waals surface area contributed by atoms with E-state index >= 15 is 0 Å². The number of benzene rings is 1. The van der Waals surface area contributed by atoms with Crippen LogP contribution in [0.2, 0.25) is 0 Å². The second-order valence-electron chi connectivity index (χ2n) is 4.89. The quantitative estimate of drug-likeness (QED) is 0.785. The Morgan fingerprint density at radius 1 is 1.21 bits per heavy atom. The normalized spacial score (nSPS) is 17.7. The van der Waals surface area contributed by atoms with E-state index in [-0.39, 0.29) is 0 Å². The van der Waals surface area contributed by atoms with Crippen LogP contribution in [0.15, 0.2) is 18.2 Å². The van der Waals surface area contributed by atoms with E-state index in [1.54, 1.807) is 4.31 Å². The first-order valence-corrected chi connectivity index (χ1v) is 9.24. The molecule has 0 radical (unpaired) electrons. The minimum Gasteiger partial charge on any atom is -0.369 e. The van der Waals surface area contributed by atoms with Crippen LogP contribution in [0.4, 0.5) is 5.69 Å². The molecule has 1 aromatic carbocycles. The molecule has 1 aromatic rings. The molecular formula is C13H19BrN2O2S. The lowest BCUT2D eigenvalue weighted by atomic mass is 10.1. The van der Waals surface area contributed by atoms with E-state index in [1.807, 2.05) is 0 Å². The molecule has 4 nitrogen and oxygen atoms in total. The molecule has 0 amide bonds. The van der Waals surface area contributed by atoms with E-state index in [2.05, 4.69) is 46.0 Å². The fourth-order valence-corrected chi connectivity index (χ4v) is 3.76. The summed E-state index contributed by atoms with van der Waals surface area (Å²) in [5.41, 5.74) is 3.73. The van der Waals surface area contributed by atoms with Crippen LogP contribution in [0.3, 0.4) is 0 Å². The summed E-state index contributed by atoms with van der Waals surface area (Å²) >= 11 is 3.47. The second kappa shape index (κ2) is 5.81. The largest absolute Gasteiger partial charge is 0.369 e. The number of alkyl halides is 1. The smallest absolute Gasteiger partial charge is 0.211 e. The third-order valence-electron chi connectivity index (χ3n) is 3.54. The van der Waals surface area contributed by atoms with Crippen molar-refractivity contribution in [1.29, 1.82) is 0 Å². The number of sulfonamides is 1. The van der Waals surface area contributed by atoms with Crippen LogP contribution in [-0.4, -0.2) is 45.2 Å². The van der Waals surface area contributed by atoms with Gasteiger partial charge in [-0.15, -0.1) is 0 Å². The van der Waals surface area contributed by atoms with E-state index in [1.165, 1.54) is 23.1 Å². The maximum Gasteiger partial charge on any atom is 0.211 e. The van der Waals surface area contributed by atoms with Gasteiger partial charge in [-0.25, -0.2) is 8.42 Å². The topological polar surface area (TPSA) is 40.6 Å². The molecule has 0 bridgehead atoms. The highest BCUT2D eigenvalue weighted by molar-refractivity contribution is 9.08. The zero-order valence-electron chi connectivity index (χ0n) is 11.3. The molecule has 0 spiro atoms. The number of piperazine rings is 1. The lowest BCUT2D eigenvalue weighted by Gasteiger charge is -2.35. The molecule has 1 aliphatic rings. The predicted molar refractivity (Wildman–Crippen MR) is 82.4 cm³/mol. The van der Waals surface area contributed by atoms with Crippen LogP contribution < -0.4 is 4.90 Å². The highest BCUT2D eigenvalue weighted by atomic mass is 79.9. The summed E-state index contributed by atoms with van der Waals surface area (Å²) in [7, 11) is -3.05. The molecule has 1 aliphatic heterocycles. The van der Waals surface area contributed by atoms with E-state index in [4.69, 9.17) is 0 Å². The third-order valence-corrected chi connectivity index (χ3v) is 5.45. The Morgan fingerprint density at radius 2 is 1.84 bits per heavy atom. The summed E-state index contributed by atoms with van der Waals surface area (Å²) in [6.45, 7) is 4.74. The molecule has 0 N–H and O–H groups in total. The number of anilines is 1. The van der Waals surface area contributed by atoms with Crippen LogP contribution in [0, 0.1) is 6.92 Å². The molecule has 19 heavy (non-hydrogen) atoms. The zero-order valence-corrected chi connectivity index (χ0v) is 13.7. The second-order valence-corrected chi connectivity index (χ2v) is 7.44. The first-order valence-electron chi connectivity index (χ1n) is 6.27. The lowest BCUT2D eigenvalue weighted by Crippen LogP contribution is -2.48. The van der Waals surface area contributed by atoms with Gasteiger partial charge in [-0.1, -0.05) is 22.0 Å². The molecule has 6 heteroatoms. The SMILES string of the molecule is Cc1cc(N2CCN(S(C)(=O)=O)CC2)ccc1CBr. The van der Waals surface area contributed by atoms with Gasteiger partial charge in [0.25, 0.3) is 0 Å². The first kappa shape index (κ1) is 14.8. The average Bonchev–Trinajstić information content (AvgIpc) is 2.38. The molecule has 1 fully saturated rings. The third kappa shape index (κ3) is 3.49. The van der Waals surface area contributed by atoms with Crippen molar-refractivity contribution in [2.75, 3.05) is 37.3 Å². The summed E-state index contributed by atoms with van der Waals surface area (Å²) in [4.78, 5) is 2.24. The van der Waals surface area contributed by atoms with Gasteiger partial charge in [0.1, 0.15) is 0 Å². The molecule has 2 rings (SSSR count). The van der Waals surface area contributed by atoms with E-state index in [0.29, 0.717) is 13.1 Å². The highest BCUT2D eigenvalue weighted by Gasteiger charge is 2.23. The van der Waals surface area contributed by atoms with E-state index in [0.717, 1.165) is 18.4 Å². The maximum absolute atomic E-state index is 11.5. The first-order chi connectivity index (χ1) is 8.91. The summed E-state index contributed by atoms with van der Waals surface area (Å²) < 4.78 is 24.5. The molecule has 0 aliphatic carbocycles. The molecule has 0 atom stereocenters. The van der Waals surface area contributed by atoms with Crippen LogP contribution in [0.1, 0.15) is 11.1 Å². The number of hydrogen-bond donors (Lipinski definition) is 0. The Kier molecular flexibility index (Phi) is 4.53. The van der Waals surface area contributed by atoms with Gasteiger partial charge < -0.3 is 4.90 Å². The Balaban J connectivity index is 2.08.